The number of hydrogen-bond acceptors (Lipinski definition) is 7. The van der Waals surface area contributed by atoms with Crippen molar-refractivity contribution in [2.24, 2.45) is 23.5 Å². The largest absolute Gasteiger partial charge is 0.489 e. The van der Waals surface area contributed by atoms with E-state index in [-0.39, 0.29) is 41.7 Å². The Labute approximate surface area is 216 Å². The molecule has 1 amide bonds. The molecule has 194 valence electrons. The van der Waals surface area contributed by atoms with Crippen LogP contribution in [0.1, 0.15) is 33.1 Å². The molecular formula is C26H34ClFN6O2. The van der Waals surface area contributed by atoms with E-state index in [0.717, 1.165) is 38.5 Å². The van der Waals surface area contributed by atoms with Crippen molar-refractivity contribution in [1.82, 2.24) is 14.9 Å². The molecule has 4 N–H and O–H groups in total. The fourth-order valence-electron chi connectivity index (χ4n) is 5.18. The van der Waals surface area contributed by atoms with Gasteiger partial charge < -0.3 is 26.0 Å². The van der Waals surface area contributed by atoms with Crippen LogP contribution in [0.4, 0.5) is 21.8 Å². The van der Waals surface area contributed by atoms with Crippen molar-refractivity contribution in [3.63, 3.8) is 0 Å². The molecule has 1 saturated carbocycles. The van der Waals surface area contributed by atoms with Gasteiger partial charge in [0.05, 0.1) is 17.1 Å². The van der Waals surface area contributed by atoms with E-state index in [9.17, 15) is 9.18 Å². The molecule has 0 spiro atoms. The van der Waals surface area contributed by atoms with Crippen molar-refractivity contribution in [3.05, 3.63) is 47.4 Å². The smallest absolute Gasteiger partial charge is 0.229 e. The van der Waals surface area contributed by atoms with E-state index in [1.807, 2.05) is 32.1 Å². The van der Waals surface area contributed by atoms with Gasteiger partial charge in [0, 0.05) is 24.8 Å². The molecular weight excluding hydrogens is 483 g/mol. The molecule has 1 aliphatic heterocycles. The fourth-order valence-corrected chi connectivity index (χ4v) is 5.40. The van der Waals surface area contributed by atoms with Crippen molar-refractivity contribution in [2.75, 3.05) is 30.8 Å². The number of carbonyl (C=O) groups excluding carboxylic acids is 1. The van der Waals surface area contributed by atoms with E-state index in [2.05, 4.69) is 38.6 Å². The van der Waals surface area contributed by atoms with Gasteiger partial charge in [0.15, 0.2) is 11.6 Å². The molecule has 10 heteroatoms. The van der Waals surface area contributed by atoms with E-state index >= 15 is 0 Å². The molecule has 2 heterocycles. The first-order valence-electron chi connectivity index (χ1n) is 12.6. The normalized spacial score (nSPS) is 25.2. The number of amides is 1. The number of aromatic nitrogens is 2. The maximum Gasteiger partial charge on any atom is 0.229 e. The number of piperidine rings is 1. The van der Waals surface area contributed by atoms with E-state index in [0.29, 0.717) is 16.5 Å². The van der Waals surface area contributed by atoms with Gasteiger partial charge in [-0.25, -0.2) is 9.37 Å². The predicted molar refractivity (Wildman–Crippen MR) is 140 cm³/mol. The standard InChI is InChI=1S/C24H28ClFN6O2.C2H6/c1-32-8-6-16(7-9-32)34-19-5-4-15(11-17(19)25)29-24-28-12-18(26)23(31-24)30-21-14-3-2-13(10-14)20(21)22(27)33;1-2/h2-5,11-14,16,20-21H,6-10H2,1H3,(H2,27,33)(H2,28,29,30,31);1-2H3. The SMILES string of the molecule is CC.CN1CCC(Oc2ccc(Nc3ncc(F)c(NC4C5C=CC(C5)C4C(N)=O)n3)cc2Cl)CC1. The summed E-state index contributed by atoms with van der Waals surface area (Å²) in [6, 6.07) is 5.07. The number of nitrogens with two attached hydrogens (primary N) is 1. The zero-order chi connectivity index (χ0) is 25.8. The lowest BCUT2D eigenvalue weighted by Crippen LogP contribution is -2.41. The topological polar surface area (TPSA) is 105 Å². The molecule has 2 fully saturated rings. The third kappa shape index (κ3) is 5.73. The van der Waals surface area contributed by atoms with Crippen molar-refractivity contribution in [3.8, 4) is 5.75 Å². The molecule has 1 aromatic heterocycles. The Bertz CT molecular complexity index is 1110. The van der Waals surface area contributed by atoms with Crippen molar-refractivity contribution in [2.45, 2.75) is 45.3 Å². The number of halogens is 2. The lowest BCUT2D eigenvalue weighted by molar-refractivity contribution is -0.122. The minimum Gasteiger partial charge on any atom is -0.489 e. The first kappa shape index (κ1) is 26.2. The highest BCUT2D eigenvalue weighted by molar-refractivity contribution is 6.32. The second-order valence-corrected chi connectivity index (χ2v) is 9.73. The second kappa shape index (κ2) is 11.4. The summed E-state index contributed by atoms with van der Waals surface area (Å²) in [6.07, 6.45) is 8.06. The summed E-state index contributed by atoms with van der Waals surface area (Å²) in [7, 11) is 2.10. The zero-order valence-corrected chi connectivity index (χ0v) is 21.6. The van der Waals surface area contributed by atoms with Crippen LogP contribution in [0.3, 0.4) is 0 Å². The molecule has 3 aliphatic rings. The Kier molecular flexibility index (Phi) is 8.31. The summed E-state index contributed by atoms with van der Waals surface area (Å²) >= 11 is 6.46. The Hall–Kier alpha value is -2.91. The molecule has 0 radical (unpaired) electrons. The van der Waals surface area contributed by atoms with Gasteiger partial charge in [0.2, 0.25) is 11.9 Å². The summed E-state index contributed by atoms with van der Waals surface area (Å²) in [5.41, 5.74) is 6.26. The minimum atomic E-state index is -0.597. The molecule has 2 aromatic rings. The van der Waals surface area contributed by atoms with Crippen LogP contribution in [0.15, 0.2) is 36.5 Å². The van der Waals surface area contributed by atoms with Gasteiger partial charge in [0.1, 0.15) is 11.9 Å². The van der Waals surface area contributed by atoms with Crippen LogP contribution in [0.25, 0.3) is 0 Å². The highest BCUT2D eigenvalue weighted by atomic mass is 35.5. The maximum absolute atomic E-state index is 14.5. The molecule has 4 unspecified atom stereocenters. The van der Waals surface area contributed by atoms with Crippen molar-refractivity contribution >= 4 is 35.0 Å². The van der Waals surface area contributed by atoms with Crippen molar-refractivity contribution < 1.29 is 13.9 Å². The monoisotopic (exact) mass is 516 g/mol. The number of ether oxygens (including phenoxy) is 1. The van der Waals surface area contributed by atoms with E-state index in [1.165, 1.54) is 0 Å². The highest BCUT2D eigenvalue weighted by Crippen LogP contribution is 2.45. The van der Waals surface area contributed by atoms with Gasteiger partial charge in [-0.05, 0) is 56.3 Å². The van der Waals surface area contributed by atoms with E-state index in [1.54, 1.807) is 6.07 Å². The van der Waals surface area contributed by atoms with E-state index < -0.39 is 11.7 Å². The molecule has 1 aromatic carbocycles. The summed E-state index contributed by atoms with van der Waals surface area (Å²) in [6.45, 7) is 6.00. The molecule has 36 heavy (non-hydrogen) atoms. The predicted octanol–water partition coefficient (Wildman–Crippen LogP) is 4.60. The Morgan fingerprint density at radius 3 is 2.64 bits per heavy atom. The number of carbonyl (C=O) groups is 1. The quantitative estimate of drug-likeness (QED) is 0.462. The molecule has 2 aliphatic carbocycles. The number of hydrogen-bond donors (Lipinski definition) is 3. The number of anilines is 3. The van der Waals surface area contributed by atoms with Crippen molar-refractivity contribution in [1.29, 1.82) is 0 Å². The lowest BCUT2D eigenvalue weighted by atomic mass is 9.88. The third-order valence-electron chi connectivity index (χ3n) is 6.98. The van der Waals surface area contributed by atoms with Gasteiger partial charge in [-0.2, -0.15) is 4.98 Å². The molecule has 1 saturated heterocycles. The second-order valence-electron chi connectivity index (χ2n) is 9.33. The summed E-state index contributed by atoms with van der Waals surface area (Å²) in [5, 5.41) is 6.63. The van der Waals surface area contributed by atoms with E-state index in [4.69, 9.17) is 22.1 Å². The number of rotatable bonds is 7. The summed E-state index contributed by atoms with van der Waals surface area (Å²) < 4.78 is 20.6. The molecule has 5 rings (SSSR count). The van der Waals surface area contributed by atoms with Crippen LogP contribution < -0.4 is 21.1 Å². The van der Waals surface area contributed by atoms with Crippen LogP contribution in [-0.2, 0) is 4.79 Å². The Morgan fingerprint density at radius 2 is 1.94 bits per heavy atom. The number of allylic oxidation sites excluding steroid dienone is 1. The number of primary amides is 1. The minimum absolute atomic E-state index is 0.0306. The van der Waals surface area contributed by atoms with Crippen LogP contribution in [0, 0.1) is 23.6 Å². The highest BCUT2D eigenvalue weighted by Gasteiger charge is 2.47. The zero-order valence-electron chi connectivity index (χ0n) is 20.9. The number of nitrogens with zero attached hydrogens (tertiary/aromatic N) is 3. The van der Waals surface area contributed by atoms with Gasteiger partial charge in [-0.1, -0.05) is 37.6 Å². The van der Waals surface area contributed by atoms with Gasteiger partial charge in [-0.3, -0.25) is 4.79 Å². The molecule has 8 nitrogen and oxygen atoms in total. The van der Waals surface area contributed by atoms with Crippen LogP contribution in [0.5, 0.6) is 5.75 Å². The lowest BCUT2D eigenvalue weighted by Gasteiger charge is -2.29. The molecule has 4 atom stereocenters. The number of benzene rings is 1. The first-order chi connectivity index (χ1) is 17.4. The van der Waals surface area contributed by atoms with Crippen LogP contribution >= 0.6 is 11.6 Å². The van der Waals surface area contributed by atoms with Crippen LogP contribution in [-0.4, -0.2) is 53.1 Å². The van der Waals surface area contributed by atoms with Gasteiger partial charge >= 0.3 is 0 Å². The summed E-state index contributed by atoms with van der Waals surface area (Å²) in [4.78, 5) is 22.6. The third-order valence-corrected chi connectivity index (χ3v) is 7.28. The number of likely N-dealkylation sites (tertiary alicyclic amines) is 1. The molecule has 2 bridgehead atoms. The van der Waals surface area contributed by atoms with Gasteiger partial charge in [0.25, 0.3) is 0 Å². The van der Waals surface area contributed by atoms with Gasteiger partial charge in [-0.15, -0.1) is 0 Å². The average Bonchev–Trinajstić information content (AvgIpc) is 3.47. The van der Waals surface area contributed by atoms with Crippen LogP contribution in [0.2, 0.25) is 5.02 Å². The Balaban J connectivity index is 0.00000148. The average molecular weight is 517 g/mol. The number of fused-ring (bicyclic) bond motifs is 2. The fraction of sp³-hybridized carbons (Fsp3) is 0.500. The number of nitrogens with one attached hydrogen (secondary N) is 2. The Morgan fingerprint density at radius 1 is 1.22 bits per heavy atom. The first-order valence-corrected chi connectivity index (χ1v) is 12.9. The maximum atomic E-state index is 14.5. The summed E-state index contributed by atoms with van der Waals surface area (Å²) in [5.74, 6) is -0.312.